The van der Waals surface area contributed by atoms with Gasteiger partial charge in [-0.1, -0.05) is 0 Å². The summed E-state index contributed by atoms with van der Waals surface area (Å²) in [5.41, 5.74) is 3.35. The van der Waals surface area contributed by atoms with Crippen molar-refractivity contribution < 1.29 is 4.79 Å². The minimum Gasteiger partial charge on any atom is -0.211 e. The number of hydrogen-bond acceptors (Lipinski definition) is 2. The van der Waals surface area contributed by atoms with Crippen LogP contribution in [0.3, 0.4) is 0 Å². The molecule has 1 aliphatic rings. The Bertz CT molecular complexity index is 225. The lowest BCUT2D eigenvalue weighted by Crippen LogP contribution is -1.62. The minimum atomic E-state index is 0.611. The zero-order chi connectivity index (χ0) is 5.82. The van der Waals surface area contributed by atoms with Crippen LogP contribution in [0.1, 0.15) is 0 Å². The summed E-state index contributed by atoms with van der Waals surface area (Å²) >= 11 is 0. The number of isocyanates is 1. The van der Waals surface area contributed by atoms with Gasteiger partial charge in [-0.15, -0.1) is 5.73 Å². The van der Waals surface area contributed by atoms with Crippen LogP contribution in [-0.4, -0.2) is 6.08 Å². The Hall–Kier alpha value is -1.36. The molecule has 0 N–H and O–H groups in total. The molecule has 0 atom stereocenters. The summed E-state index contributed by atoms with van der Waals surface area (Å²) in [5, 5.41) is 0. The lowest BCUT2D eigenvalue weighted by Gasteiger charge is -1.74. The molecule has 0 aliphatic heterocycles. The van der Waals surface area contributed by atoms with E-state index in [0.29, 0.717) is 5.70 Å². The molecule has 0 heterocycles. The summed E-state index contributed by atoms with van der Waals surface area (Å²) in [6.45, 7) is 0. The number of nitrogens with zero attached hydrogens (tertiary/aromatic N) is 1. The molecule has 1 aliphatic carbocycles. The minimum absolute atomic E-state index is 0.611. The molecule has 2 heteroatoms. The van der Waals surface area contributed by atoms with E-state index in [9.17, 15) is 4.79 Å². The van der Waals surface area contributed by atoms with Crippen molar-refractivity contribution in [1.82, 2.24) is 0 Å². The Balaban J connectivity index is 2.80. The topological polar surface area (TPSA) is 29.4 Å². The Morgan fingerprint density at radius 1 is 1.75 bits per heavy atom. The molecule has 0 unspecified atom stereocenters. The quantitative estimate of drug-likeness (QED) is 0.277. The Labute approximate surface area is 46.5 Å². The first-order valence-corrected chi connectivity index (χ1v) is 2.14. The van der Waals surface area contributed by atoms with Gasteiger partial charge in [-0.05, 0) is 12.2 Å². The number of carbonyl (C=O) groups excluding carboxylic acids is 1. The molecule has 0 amide bonds. The molecule has 38 valence electrons. The first kappa shape index (κ1) is 4.79. The maximum atomic E-state index is 9.57. The molecule has 0 aromatic heterocycles. The van der Waals surface area contributed by atoms with Crippen LogP contribution in [0.4, 0.5) is 0 Å². The molecule has 0 aromatic carbocycles. The van der Waals surface area contributed by atoms with Crippen LogP contribution < -0.4 is 0 Å². The standard InChI is InChI=1S/C6H3NO/c8-5-7-6-3-1-2-4-6/h1,3-4H. The van der Waals surface area contributed by atoms with Gasteiger partial charge in [-0.3, -0.25) is 0 Å². The van der Waals surface area contributed by atoms with E-state index >= 15 is 0 Å². The summed E-state index contributed by atoms with van der Waals surface area (Å²) in [4.78, 5) is 12.9. The zero-order valence-electron chi connectivity index (χ0n) is 4.09. The molecule has 0 bridgehead atoms. The van der Waals surface area contributed by atoms with Gasteiger partial charge in [-0.25, -0.2) is 4.79 Å². The van der Waals surface area contributed by atoms with Crippen molar-refractivity contribution in [2.45, 2.75) is 0 Å². The second kappa shape index (κ2) is 2.08. The smallest absolute Gasteiger partial charge is 0.211 e. The van der Waals surface area contributed by atoms with Crippen molar-refractivity contribution in [2.75, 3.05) is 0 Å². The van der Waals surface area contributed by atoms with Gasteiger partial charge in [0.15, 0.2) is 0 Å². The molecule has 1 rings (SSSR count). The van der Waals surface area contributed by atoms with Crippen LogP contribution in [-0.2, 0) is 4.79 Å². The SMILES string of the molecule is O=C=NC1=CC=C=C1. The highest BCUT2D eigenvalue weighted by atomic mass is 16.1. The van der Waals surface area contributed by atoms with E-state index in [-0.39, 0.29) is 0 Å². The van der Waals surface area contributed by atoms with Crippen molar-refractivity contribution in [1.29, 1.82) is 0 Å². The summed E-state index contributed by atoms with van der Waals surface area (Å²) in [6.07, 6.45) is 6.42. The molecule has 0 fully saturated rings. The second-order valence-corrected chi connectivity index (χ2v) is 1.27. The van der Waals surface area contributed by atoms with Crippen LogP contribution in [0.5, 0.6) is 0 Å². The van der Waals surface area contributed by atoms with E-state index in [1.807, 2.05) is 0 Å². The van der Waals surface area contributed by atoms with Gasteiger partial charge < -0.3 is 0 Å². The van der Waals surface area contributed by atoms with Gasteiger partial charge in [0, 0.05) is 6.08 Å². The summed E-state index contributed by atoms with van der Waals surface area (Å²) in [7, 11) is 0. The van der Waals surface area contributed by atoms with E-state index < -0.39 is 0 Å². The Kier molecular flexibility index (Phi) is 1.25. The average molecular weight is 105 g/mol. The van der Waals surface area contributed by atoms with Crippen LogP contribution in [0.25, 0.3) is 0 Å². The summed E-state index contributed by atoms with van der Waals surface area (Å²) in [5.74, 6) is 0. The molecular weight excluding hydrogens is 102 g/mol. The normalized spacial score (nSPS) is 13.2. The number of aliphatic imine (C=N–C) groups is 1. The summed E-state index contributed by atoms with van der Waals surface area (Å²) < 4.78 is 0. The van der Waals surface area contributed by atoms with Crippen molar-refractivity contribution in [3.05, 3.63) is 29.7 Å². The monoisotopic (exact) mass is 105 g/mol. The van der Waals surface area contributed by atoms with E-state index in [4.69, 9.17) is 0 Å². The highest BCUT2D eigenvalue weighted by Crippen LogP contribution is 2.01. The highest BCUT2D eigenvalue weighted by Gasteiger charge is 1.86. The fourth-order valence-corrected chi connectivity index (χ4v) is 0.437. The lowest BCUT2D eigenvalue weighted by molar-refractivity contribution is 0.565. The van der Waals surface area contributed by atoms with Gasteiger partial charge in [0.1, 0.15) is 0 Å². The van der Waals surface area contributed by atoms with Gasteiger partial charge in [0.05, 0.1) is 5.70 Å². The highest BCUT2D eigenvalue weighted by molar-refractivity contribution is 5.42. The number of hydrogen-bond donors (Lipinski definition) is 0. The fourth-order valence-electron chi connectivity index (χ4n) is 0.437. The molecule has 0 saturated carbocycles. The third-order valence-electron chi connectivity index (χ3n) is 0.756. The van der Waals surface area contributed by atoms with Gasteiger partial charge in [0.25, 0.3) is 0 Å². The first-order chi connectivity index (χ1) is 3.93. The van der Waals surface area contributed by atoms with Gasteiger partial charge >= 0.3 is 0 Å². The molecule has 0 radical (unpaired) electrons. The van der Waals surface area contributed by atoms with Crippen molar-refractivity contribution in [2.24, 2.45) is 4.99 Å². The van der Waals surface area contributed by atoms with E-state index in [1.165, 1.54) is 6.08 Å². The zero-order valence-corrected chi connectivity index (χ0v) is 4.09. The maximum Gasteiger partial charge on any atom is 0.240 e. The van der Waals surface area contributed by atoms with Crippen LogP contribution in [0.15, 0.2) is 34.6 Å². The third kappa shape index (κ3) is 0.824. The van der Waals surface area contributed by atoms with Crippen LogP contribution >= 0.6 is 0 Å². The van der Waals surface area contributed by atoms with Crippen LogP contribution in [0.2, 0.25) is 0 Å². The lowest BCUT2D eigenvalue weighted by atomic mass is 10.5. The molecule has 8 heavy (non-hydrogen) atoms. The van der Waals surface area contributed by atoms with Crippen LogP contribution in [0, 0.1) is 0 Å². The molecule has 0 spiro atoms. The predicted octanol–water partition coefficient (Wildman–Crippen LogP) is 0.931. The van der Waals surface area contributed by atoms with E-state index in [2.05, 4.69) is 10.7 Å². The largest absolute Gasteiger partial charge is 0.240 e. The van der Waals surface area contributed by atoms with Crippen molar-refractivity contribution in [3.8, 4) is 0 Å². The molecule has 0 aromatic rings. The van der Waals surface area contributed by atoms with Gasteiger partial charge in [0.2, 0.25) is 6.08 Å². The summed E-state index contributed by atoms with van der Waals surface area (Å²) in [6, 6.07) is 0. The van der Waals surface area contributed by atoms with Crippen molar-refractivity contribution >= 4 is 6.08 Å². The molecular formula is C6H3NO. The van der Waals surface area contributed by atoms with Crippen molar-refractivity contribution in [3.63, 3.8) is 0 Å². The number of rotatable bonds is 1. The van der Waals surface area contributed by atoms with E-state index in [1.54, 1.807) is 18.2 Å². The number of allylic oxidation sites excluding steroid dienone is 2. The predicted molar refractivity (Wildman–Crippen MR) is 28.9 cm³/mol. The first-order valence-electron chi connectivity index (χ1n) is 2.14. The van der Waals surface area contributed by atoms with E-state index in [0.717, 1.165) is 0 Å². The maximum absolute atomic E-state index is 9.57. The Morgan fingerprint density at radius 3 is 3.12 bits per heavy atom. The molecule has 2 nitrogen and oxygen atoms in total. The second-order valence-electron chi connectivity index (χ2n) is 1.27. The molecule has 0 saturated heterocycles. The third-order valence-corrected chi connectivity index (χ3v) is 0.756. The van der Waals surface area contributed by atoms with Gasteiger partial charge in [-0.2, -0.15) is 4.99 Å². The average Bonchev–Trinajstić information content (AvgIpc) is 2.19. The fraction of sp³-hybridized carbons (Fsp3) is 0. The Morgan fingerprint density at radius 2 is 2.62 bits per heavy atom.